The van der Waals surface area contributed by atoms with Gasteiger partial charge in [0.2, 0.25) is 17.7 Å². The highest BCUT2D eigenvalue weighted by Crippen LogP contribution is 2.14. The molecule has 1 N–H and O–H groups in total. The van der Waals surface area contributed by atoms with Crippen molar-refractivity contribution in [3.05, 3.63) is 11.8 Å². The van der Waals surface area contributed by atoms with E-state index in [9.17, 15) is 4.79 Å². The molecular formula is C12H20N4O3. The van der Waals surface area contributed by atoms with Crippen molar-refractivity contribution in [2.45, 2.75) is 26.3 Å². The Hall–Kier alpha value is -1.47. The van der Waals surface area contributed by atoms with Crippen LogP contribution < -0.4 is 0 Å². The highest BCUT2D eigenvalue weighted by atomic mass is 16.4. The Morgan fingerprint density at radius 1 is 1.32 bits per heavy atom. The van der Waals surface area contributed by atoms with E-state index >= 15 is 0 Å². The molecule has 2 heterocycles. The molecule has 1 aliphatic heterocycles. The lowest BCUT2D eigenvalue weighted by atomic mass is 10.2. The van der Waals surface area contributed by atoms with E-state index in [-0.39, 0.29) is 11.8 Å². The molecule has 7 nitrogen and oxygen atoms in total. The normalized spacial score (nSPS) is 17.2. The van der Waals surface area contributed by atoms with E-state index in [0.29, 0.717) is 31.4 Å². The minimum Gasteiger partial charge on any atom is -0.424 e. The summed E-state index contributed by atoms with van der Waals surface area (Å²) in [7, 11) is 0. The Balaban J connectivity index is 1.83. The van der Waals surface area contributed by atoms with Crippen molar-refractivity contribution in [2.75, 3.05) is 32.8 Å². The van der Waals surface area contributed by atoms with Crippen molar-refractivity contribution in [1.82, 2.24) is 20.0 Å². The van der Waals surface area contributed by atoms with Gasteiger partial charge in [0.15, 0.2) is 0 Å². The van der Waals surface area contributed by atoms with Gasteiger partial charge in [-0.2, -0.15) is 0 Å². The van der Waals surface area contributed by atoms with E-state index in [0.717, 1.165) is 13.1 Å². The summed E-state index contributed by atoms with van der Waals surface area (Å²) in [4.78, 5) is 15.2. The number of rotatable bonds is 4. The zero-order valence-corrected chi connectivity index (χ0v) is 11.4. The van der Waals surface area contributed by atoms with Crippen molar-refractivity contribution in [2.24, 2.45) is 0 Å². The molecule has 1 amide bonds. The number of aromatic nitrogens is 2. The van der Waals surface area contributed by atoms with Crippen LogP contribution in [0.1, 0.15) is 31.5 Å². The van der Waals surface area contributed by atoms with Crippen LogP contribution in [0.5, 0.6) is 0 Å². The maximum atomic E-state index is 11.3. The van der Waals surface area contributed by atoms with Crippen molar-refractivity contribution in [3.63, 3.8) is 0 Å². The molecule has 1 saturated heterocycles. The van der Waals surface area contributed by atoms with Gasteiger partial charge in [0.1, 0.15) is 6.61 Å². The Morgan fingerprint density at radius 2 is 2.00 bits per heavy atom. The molecule has 1 aromatic heterocycles. The van der Waals surface area contributed by atoms with Gasteiger partial charge < -0.3 is 14.4 Å². The topological polar surface area (TPSA) is 82.7 Å². The van der Waals surface area contributed by atoms with Crippen LogP contribution >= 0.6 is 0 Å². The summed E-state index contributed by atoms with van der Waals surface area (Å²) in [6.45, 7) is 6.99. The van der Waals surface area contributed by atoms with Crippen LogP contribution in [0.2, 0.25) is 0 Å². The van der Waals surface area contributed by atoms with Crippen LogP contribution in [0.15, 0.2) is 4.42 Å². The first-order chi connectivity index (χ1) is 9.10. The number of carbonyl (C=O) groups excluding carboxylic acids is 1. The molecule has 2 rings (SSSR count). The van der Waals surface area contributed by atoms with Crippen LogP contribution in [0.25, 0.3) is 0 Å². The summed E-state index contributed by atoms with van der Waals surface area (Å²) >= 11 is 0. The van der Waals surface area contributed by atoms with Crippen molar-refractivity contribution in [3.8, 4) is 0 Å². The molecule has 1 aliphatic rings. The number of nitrogens with zero attached hydrogens (tertiary/aromatic N) is 4. The Kier molecular flexibility index (Phi) is 4.49. The van der Waals surface area contributed by atoms with Gasteiger partial charge in [-0.25, -0.2) is 0 Å². The van der Waals surface area contributed by atoms with Crippen LogP contribution in [0.4, 0.5) is 0 Å². The SMILES string of the molecule is CC(C)c1nnc(CN2CCN(C(=O)CO)CC2)o1. The van der Waals surface area contributed by atoms with Crippen molar-refractivity contribution in [1.29, 1.82) is 0 Å². The fourth-order valence-electron chi connectivity index (χ4n) is 2.01. The first-order valence-corrected chi connectivity index (χ1v) is 6.53. The number of hydrogen-bond acceptors (Lipinski definition) is 6. The lowest BCUT2D eigenvalue weighted by Crippen LogP contribution is -2.49. The Labute approximate surface area is 112 Å². The summed E-state index contributed by atoms with van der Waals surface area (Å²) in [5.74, 6) is 1.30. The number of carbonyl (C=O) groups is 1. The summed E-state index contributed by atoms with van der Waals surface area (Å²) in [6, 6.07) is 0. The third kappa shape index (κ3) is 3.51. The molecule has 0 saturated carbocycles. The molecule has 1 aromatic rings. The monoisotopic (exact) mass is 268 g/mol. The molecular weight excluding hydrogens is 248 g/mol. The quantitative estimate of drug-likeness (QED) is 0.816. The fourth-order valence-corrected chi connectivity index (χ4v) is 2.01. The summed E-state index contributed by atoms with van der Waals surface area (Å²) in [5, 5.41) is 16.8. The predicted molar refractivity (Wildman–Crippen MR) is 67.3 cm³/mol. The Bertz CT molecular complexity index is 424. The van der Waals surface area contributed by atoms with Gasteiger partial charge in [-0.15, -0.1) is 10.2 Å². The van der Waals surface area contributed by atoms with Crippen LogP contribution in [-0.2, 0) is 11.3 Å². The maximum Gasteiger partial charge on any atom is 0.248 e. The average Bonchev–Trinajstić information content (AvgIpc) is 2.87. The van der Waals surface area contributed by atoms with Crippen LogP contribution in [0.3, 0.4) is 0 Å². The Morgan fingerprint density at radius 3 is 2.53 bits per heavy atom. The zero-order valence-electron chi connectivity index (χ0n) is 11.4. The van der Waals surface area contributed by atoms with E-state index in [2.05, 4.69) is 15.1 Å². The van der Waals surface area contributed by atoms with Crippen molar-refractivity contribution >= 4 is 5.91 Å². The molecule has 7 heteroatoms. The maximum absolute atomic E-state index is 11.3. The van der Waals surface area contributed by atoms with E-state index in [1.165, 1.54) is 0 Å². The van der Waals surface area contributed by atoms with Crippen molar-refractivity contribution < 1.29 is 14.3 Å². The molecule has 19 heavy (non-hydrogen) atoms. The molecule has 0 aromatic carbocycles. The molecule has 0 atom stereocenters. The van der Waals surface area contributed by atoms with Crippen LogP contribution in [-0.4, -0.2) is 63.8 Å². The van der Waals surface area contributed by atoms with Gasteiger partial charge in [0.25, 0.3) is 0 Å². The third-order valence-corrected chi connectivity index (χ3v) is 3.20. The minimum atomic E-state index is -0.415. The zero-order chi connectivity index (χ0) is 13.8. The van der Waals surface area contributed by atoms with E-state index in [4.69, 9.17) is 9.52 Å². The minimum absolute atomic E-state index is 0.209. The molecule has 0 aliphatic carbocycles. The van der Waals surface area contributed by atoms with E-state index < -0.39 is 6.61 Å². The van der Waals surface area contributed by atoms with Crippen LogP contribution in [0, 0.1) is 0 Å². The predicted octanol–water partition coefficient (Wildman–Crippen LogP) is -0.170. The first-order valence-electron chi connectivity index (χ1n) is 6.53. The molecule has 0 spiro atoms. The van der Waals surface area contributed by atoms with Gasteiger partial charge in [-0.05, 0) is 0 Å². The summed E-state index contributed by atoms with van der Waals surface area (Å²) in [5.41, 5.74) is 0. The first kappa shape index (κ1) is 14.0. The van der Waals surface area contributed by atoms with Gasteiger partial charge in [0.05, 0.1) is 6.54 Å². The lowest BCUT2D eigenvalue weighted by Gasteiger charge is -2.33. The number of hydrogen-bond donors (Lipinski definition) is 1. The van der Waals surface area contributed by atoms with E-state index in [1.54, 1.807) is 4.90 Å². The number of aliphatic hydroxyl groups is 1. The summed E-state index contributed by atoms with van der Waals surface area (Å²) in [6.07, 6.45) is 0. The lowest BCUT2D eigenvalue weighted by molar-refractivity contribution is -0.136. The van der Waals surface area contributed by atoms with Gasteiger partial charge in [-0.1, -0.05) is 13.8 Å². The van der Waals surface area contributed by atoms with Gasteiger partial charge >= 0.3 is 0 Å². The highest BCUT2D eigenvalue weighted by molar-refractivity contribution is 5.77. The smallest absolute Gasteiger partial charge is 0.248 e. The highest BCUT2D eigenvalue weighted by Gasteiger charge is 2.22. The number of amides is 1. The second-order valence-corrected chi connectivity index (χ2v) is 5.00. The second kappa shape index (κ2) is 6.12. The molecule has 1 fully saturated rings. The van der Waals surface area contributed by atoms with Gasteiger partial charge in [0, 0.05) is 32.1 Å². The molecule has 0 bridgehead atoms. The number of piperazine rings is 1. The second-order valence-electron chi connectivity index (χ2n) is 5.00. The molecule has 106 valence electrons. The third-order valence-electron chi connectivity index (χ3n) is 3.20. The number of aliphatic hydroxyl groups excluding tert-OH is 1. The largest absolute Gasteiger partial charge is 0.424 e. The standard InChI is InChI=1S/C12H20N4O3/c1-9(2)12-14-13-10(19-12)7-15-3-5-16(6-4-15)11(18)8-17/h9,17H,3-8H2,1-2H3. The average molecular weight is 268 g/mol. The molecule has 0 radical (unpaired) electrons. The molecule has 0 unspecified atom stereocenters. The summed E-state index contributed by atoms with van der Waals surface area (Å²) < 4.78 is 5.56. The van der Waals surface area contributed by atoms with Gasteiger partial charge in [-0.3, -0.25) is 9.69 Å². The fraction of sp³-hybridized carbons (Fsp3) is 0.750. The van der Waals surface area contributed by atoms with E-state index in [1.807, 2.05) is 13.8 Å².